The topological polar surface area (TPSA) is 69.2 Å². The molecule has 0 aromatic heterocycles. The van der Waals surface area contributed by atoms with Crippen molar-refractivity contribution in [3.8, 4) is 5.75 Å². The molecule has 2 fully saturated rings. The van der Waals surface area contributed by atoms with Crippen LogP contribution in [0.2, 0.25) is 5.02 Å². The van der Waals surface area contributed by atoms with Gasteiger partial charge in [0.15, 0.2) is 5.96 Å². The number of alkyl halides is 2. The molecular formula is C19H26ClF2N5O2. The van der Waals surface area contributed by atoms with Gasteiger partial charge in [-0.2, -0.15) is 8.78 Å². The van der Waals surface area contributed by atoms with Gasteiger partial charge in [0, 0.05) is 56.4 Å². The quantitative estimate of drug-likeness (QED) is 0.512. The molecule has 7 nitrogen and oxygen atoms in total. The van der Waals surface area contributed by atoms with E-state index in [0.29, 0.717) is 42.2 Å². The van der Waals surface area contributed by atoms with E-state index in [1.54, 1.807) is 13.1 Å². The van der Waals surface area contributed by atoms with Gasteiger partial charge in [-0.25, -0.2) is 0 Å². The molecule has 1 saturated heterocycles. The van der Waals surface area contributed by atoms with E-state index >= 15 is 0 Å². The van der Waals surface area contributed by atoms with Gasteiger partial charge >= 0.3 is 6.61 Å². The number of ether oxygens (including phenoxy) is 1. The molecule has 0 spiro atoms. The standard InChI is InChI=1S/C19H26ClF2N5O2/c1-23-19(24-11-13-10-14(20)2-5-16(13)29-18(21)22)27-8-6-26(7-9-27)12-17(28)25-15-3-4-15/h2,5,10,15,18H,3-4,6-9,11-12H2,1H3,(H,23,24)(H,25,28). The molecule has 1 heterocycles. The first-order chi connectivity index (χ1) is 13.9. The van der Waals surface area contributed by atoms with Crippen LogP contribution in [0, 0.1) is 0 Å². The molecule has 0 atom stereocenters. The zero-order valence-corrected chi connectivity index (χ0v) is 17.1. The average Bonchev–Trinajstić information content (AvgIpc) is 3.49. The van der Waals surface area contributed by atoms with Crippen molar-refractivity contribution >= 4 is 23.5 Å². The van der Waals surface area contributed by atoms with Crippen molar-refractivity contribution in [3.63, 3.8) is 0 Å². The number of nitrogens with one attached hydrogen (secondary N) is 2. The van der Waals surface area contributed by atoms with Crippen molar-refractivity contribution in [2.24, 2.45) is 4.99 Å². The Kier molecular flexibility index (Phi) is 7.49. The predicted molar refractivity (Wildman–Crippen MR) is 107 cm³/mol. The number of benzene rings is 1. The predicted octanol–water partition coefficient (Wildman–Crippen LogP) is 1.91. The van der Waals surface area contributed by atoms with Gasteiger partial charge in [0.1, 0.15) is 5.75 Å². The second-order valence-electron chi connectivity index (χ2n) is 7.14. The minimum absolute atomic E-state index is 0.0796. The van der Waals surface area contributed by atoms with Gasteiger partial charge in [-0.1, -0.05) is 11.6 Å². The summed E-state index contributed by atoms with van der Waals surface area (Å²) in [4.78, 5) is 20.4. The molecule has 1 amide bonds. The third kappa shape index (κ3) is 6.71. The fraction of sp³-hybridized carbons (Fsp3) is 0.579. The number of carbonyl (C=O) groups excluding carboxylic acids is 1. The molecule has 0 radical (unpaired) electrons. The second kappa shape index (κ2) is 10.1. The van der Waals surface area contributed by atoms with Crippen LogP contribution in [0.15, 0.2) is 23.2 Å². The lowest BCUT2D eigenvalue weighted by atomic mass is 10.2. The highest BCUT2D eigenvalue weighted by atomic mass is 35.5. The highest BCUT2D eigenvalue weighted by Crippen LogP contribution is 2.24. The van der Waals surface area contributed by atoms with E-state index in [4.69, 9.17) is 11.6 Å². The normalized spacial score (nSPS) is 18.1. The van der Waals surface area contributed by atoms with E-state index in [2.05, 4.69) is 30.2 Å². The van der Waals surface area contributed by atoms with Gasteiger partial charge in [-0.15, -0.1) is 0 Å². The summed E-state index contributed by atoms with van der Waals surface area (Å²) >= 11 is 5.99. The summed E-state index contributed by atoms with van der Waals surface area (Å²) < 4.78 is 29.8. The molecule has 1 aliphatic heterocycles. The summed E-state index contributed by atoms with van der Waals surface area (Å²) in [6, 6.07) is 4.91. The molecule has 3 rings (SSSR count). The van der Waals surface area contributed by atoms with E-state index in [1.165, 1.54) is 12.1 Å². The number of carbonyl (C=O) groups is 1. The fourth-order valence-corrected chi connectivity index (χ4v) is 3.42. The second-order valence-corrected chi connectivity index (χ2v) is 7.57. The maximum Gasteiger partial charge on any atom is 0.387 e. The minimum atomic E-state index is -2.90. The number of rotatable bonds is 7. The summed E-state index contributed by atoms with van der Waals surface area (Å²) in [6.07, 6.45) is 2.16. The van der Waals surface area contributed by atoms with E-state index < -0.39 is 6.61 Å². The van der Waals surface area contributed by atoms with Gasteiger partial charge in [0.25, 0.3) is 0 Å². The molecule has 10 heteroatoms. The first-order valence-electron chi connectivity index (χ1n) is 9.65. The van der Waals surface area contributed by atoms with Gasteiger partial charge < -0.3 is 20.3 Å². The van der Waals surface area contributed by atoms with Gasteiger partial charge in [-0.3, -0.25) is 14.7 Å². The van der Waals surface area contributed by atoms with Crippen molar-refractivity contribution in [1.82, 2.24) is 20.4 Å². The van der Waals surface area contributed by atoms with Crippen LogP contribution in [-0.2, 0) is 11.3 Å². The number of guanidine groups is 1. The van der Waals surface area contributed by atoms with Gasteiger partial charge in [0.2, 0.25) is 5.91 Å². The van der Waals surface area contributed by atoms with Crippen LogP contribution in [0.5, 0.6) is 5.75 Å². The summed E-state index contributed by atoms with van der Waals surface area (Å²) in [6.45, 7) is 0.677. The van der Waals surface area contributed by atoms with Crippen LogP contribution in [0.1, 0.15) is 18.4 Å². The zero-order valence-electron chi connectivity index (χ0n) is 16.3. The number of aliphatic imine (C=N–C) groups is 1. The monoisotopic (exact) mass is 429 g/mol. The Labute approximate surface area is 174 Å². The highest BCUT2D eigenvalue weighted by molar-refractivity contribution is 6.30. The Morgan fingerprint density at radius 3 is 2.66 bits per heavy atom. The number of nitrogens with zero attached hydrogens (tertiary/aromatic N) is 3. The van der Waals surface area contributed by atoms with Crippen molar-refractivity contribution in [1.29, 1.82) is 0 Å². The molecule has 29 heavy (non-hydrogen) atoms. The molecule has 1 aliphatic carbocycles. The maximum atomic E-state index is 12.6. The summed E-state index contributed by atoms with van der Waals surface area (Å²) in [5, 5.41) is 6.62. The third-order valence-electron chi connectivity index (χ3n) is 4.87. The van der Waals surface area contributed by atoms with Crippen molar-refractivity contribution in [2.75, 3.05) is 39.8 Å². The average molecular weight is 430 g/mol. The molecule has 1 saturated carbocycles. The summed E-state index contributed by atoms with van der Waals surface area (Å²) in [7, 11) is 1.67. The summed E-state index contributed by atoms with van der Waals surface area (Å²) in [5.41, 5.74) is 0.523. The lowest BCUT2D eigenvalue weighted by Crippen LogP contribution is -2.54. The smallest absolute Gasteiger partial charge is 0.387 e. The number of piperazine rings is 1. The minimum Gasteiger partial charge on any atom is -0.434 e. The van der Waals surface area contributed by atoms with Gasteiger partial charge in [0.05, 0.1) is 6.54 Å². The Bertz CT molecular complexity index is 737. The first-order valence-corrected chi connectivity index (χ1v) is 10.0. The van der Waals surface area contributed by atoms with E-state index in [0.717, 1.165) is 25.9 Å². The molecule has 160 valence electrons. The summed E-state index contributed by atoms with van der Waals surface area (Å²) in [5.74, 6) is 0.824. The Morgan fingerprint density at radius 1 is 1.31 bits per heavy atom. The Balaban J connectivity index is 1.50. The molecule has 1 aromatic carbocycles. The number of amides is 1. The van der Waals surface area contributed by atoms with Crippen molar-refractivity contribution < 1.29 is 18.3 Å². The third-order valence-corrected chi connectivity index (χ3v) is 5.10. The molecule has 0 bridgehead atoms. The molecule has 2 N–H and O–H groups in total. The fourth-order valence-electron chi connectivity index (χ4n) is 3.23. The van der Waals surface area contributed by atoms with E-state index in [1.807, 2.05) is 0 Å². The van der Waals surface area contributed by atoms with Crippen LogP contribution in [0.3, 0.4) is 0 Å². The molecule has 2 aliphatic rings. The molecule has 0 unspecified atom stereocenters. The van der Waals surface area contributed by atoms with Crippen LogP contribution in [0.25, 0.3) is 0 Å². The lowest BCUT2D eigenvalue weighted by Gasteiger charge is -2.36. The number of hydrogen-bond acceptors (Lipinski definition) is 4. The Hall–Kier alpha value is -2.13. The number of halogens is 3. The van der Waals surface area contributed by atoms with Crippen LogP contribution < -0.4 is 15.4 Å². The lowest BCUT2D eigenvalue weighted by molar-refractivity contribution is -0.122. The first kappa shape index (κ1) is 21.6. The zero-order chi connectivity index (χ0) is 20.8. The van der Waals surface area contributed by atoms with E-state index in [9.17, 15) is 13.6 Å². The van der Waals surface area contributed by atoms with Crippen LogP contribution in [-0.4, -0.2) is 74.1 Å². The van der Waals surface area contributed by atoms with Gasteiger partial charge in [-0.05, 0) is 31.0 Å². The SMILES string of the molecule is CN=C(NCc1cc(Cl)ccc1OC(F)F)N1CCN(CC(=O)NC2CC2)CC1. The van der Waals surface area contributed by atoms with Crippen LogP contribution >= 0.6 is 11.6 Å². The van der Waals surface area contributed by atoms with Crippen molar-refractivity contribution in [2.45, 2.75) is 32.0 Å². The van der Waals surface area contributed by atoms with Crippen LogP contribution in [0.4, 0.5) is 8.78 Å². The molecular weight excluding hydrogens is 404 g/mol. The van der Waals surface area contributed by atoms with E-state index in [-0.39, 0.29) is 18.2 Å². The maximum absolute atomic E-state index is 12.6. The largest absolute Gasteiger partial charge is 0.434 e. The molecule has 1 aromatic rings. The number of hydrogen-bond donors (Lipinski definition) is 2. The van der Waals surface area contributed by atoms with Crippen molar-refractivity contribution in [3.05, 3.63) is 28.8 Å². The highest BCUT2D eigenvalue weighted by Gasteiger charge is 2.26. The Morgan fingerprint density at radius 2 is 2.03 bits per heavy atom.